The van der Waals surface area contributed by atoms with Crippen LogP contribution >= 0.6 is 0 Å². The normalized spacial score (nSPS) is 14.0. The zero-order valence-corrected chi connectivity index (χ0v) is 24.0. The van der Waals surface area contributed by atoms with Gasteiger partial charge < -0.3 is 9.97 Å². The number of nitrogens with one attached hydrogen (secondary N) is 2. The molecular formula is C41H28N2. The maximum Gasteiger partial charge on any atom is 0.0551 e. The monoisotopic (exact) mass is 548 g/mol. The molecule has 2 nitrogen and oxygen atoms in total. The fraction of sp³-hybridized carbons (Fsp3) is 0.0732. The molecule has 9 aromatic rings. The van der Waals surface area contributed by atoms with Gasteiger partial charge in [-0.2, -0.15) is 0 Å². The minimum atomic E-state index is -0.00713. The third-order valence-electron chi connectivity index (χ3n) is 10.1. The SMILES string of the molecule is CC1(C)c2ccccc2-c2cc3c(cc21)[nH]c1ccc(-c2ccc4[nH]c5c6ccccc6c6ccccc6c5c4c2)cc13. The number of hydrogen-bond donors (Lipinski definition) is 2. The van der Waals surface area contributed by atoms with Gasteiger partial charge in [0.1, 0.15) is 0 Å². The predicted molar refractivity (Wildman–Crippen MR) is 183 cm³/mol. The van der Waals surface area contributed by atoms with Crippen LogP contribution in [0.25, 0.3) is 87.4 Å². The van der Waals surface area contributed by atoms with E-state index in [0.29, 0.717) is 0 Å². The fourth-order valence-electron chi connectivity index (χ4n) is 8.00. The first-order chi connectivity index (χ1) is 21.1. The highest BCUT2D eigenvalue weighted by Crippen LogP contribution is 2.50. The van der Waals surface area contributed by atoms with Crippen LogP contribution in [-0.2, 0) is 5.41 Å². The second kappa shape index (κ2) is 7.93. The third kappa shape index (κ3) is 2.98. The summed E-state index contributed by atoms with van der Waals surface area (Å²) < 4.78 is 0. The summed E-state index contributed by atoms with van der Waals surface area (Å²) >= 11 is 0. The Morgan fingerprint density at radius 2 is 1.02 bits per heavy atom. The van der Waals surface area contributed by atoms with Crippen molar-refractivity contribution in [3.63, 3.8) is 0 Å². The molecule has 0 fully saturated rings. The van der Waals surface area contributed by atoms with Crippen LogP contribution in [0.15, 0.2) is 121 Å². The molecule has 10 rings (SSSR count). The van der Waals surface area contributed by atoms with Gasteiger partial charge in [-0.3, -0.25) is 0 Å². The van der Waals surface area contributed by atoms with Crippen LogP contribution in [0.5, 0.6) is 0 Å². The van der Waals surface area contributed by atoms with Crippen molar-refractivity contribution in [3.8, 4) is 22.3 Å². The topological polar surface area (TPSA) is 31.6 Å². The van der Waals surface area contributed by atoms with E-state index < -0.39 is 0 Å². The molecular weight excluding hydrogens is 520 g/mol. The Morgan fingerprint density at radius 1 is 0.419 bits per heavy atom. The second-order valence-corrected chi connectivity index (χ2v) is 12.7. The number of fused-ring (bicyclic) bond motifs is 14. The van der Waals surface area contributed by atoms with Gasteiger partial charge in [-0.25, -0.2) is 0 Å². The predicted octanol–water partition coefficient (Wildman–Crippen LogP) is 11.2. The first kappa shape index (κ1) is 23.2. The summed E-state index contributed by atoms with van der Waals surface area (Å²) in [6, 6.07) is 45.0. The Balaban J connectivity index is 1.21. The average molecular weight is 549 g/mol. The highest BCUT2D eigenvalue weighted by Gasteiger charge is 2.35. The molecule has 0 unspecified atom stereocenters. The van der Waals surface area contributed by atoms with Crippen molar-refractivity contribution in [2.75, 3.05) is 0 Å². The lowest BCUT2D eigenvalue weighted by Gasteiger charge is -2.21. The fourth-order valence-corrected chi connectivity index (χ4v) is 8.00. The van der Waals surface area contributed by atoms with Gasteiger partial charge in [-0.05, 0) is 85.9 Å². The molecule has 0 saturated heterocycles. The number of aromatic amines is 2. The molecule has 2 heteroatoms. The van der Waals surface area contributed by atoms with Crippen molar-refractivity contribution in [2.45, 2.75) is 19.3 Å². The quantitative estimate of drug-likeness (QED) is 0.191. The third-order valence-corrected chi connectivity index (χ3v) is 10.1. The van der Waals surface area contributed by atoms with Crippen molar-refractivity contribution >= 4 is 65.2 Å². The molecule has 2 aromatic heterocycles. The molecule has 202 valence electrons. The van der Waals surface area contributed by atoms with E-state index in [1.54, 1.807) is 0 Å². The Labute approximate surface area is 248 Å². The van der Waals surface area contributed by atoms with Gasteiger partial charge in [0.15, 0.2) is 0 Å². The molecule has 0 saturated carbocycles. The summed E-state index contributed by atoms with van der Waals surface area (Å²) in [6.07, 6.45) is 0. The van der Waals surface area contributed by atoms with Crippen LogP contribution in [0.4, 0.5) is 0 Å². The molecule has 0 bridgehead atoms. The van der Waals surface area contributed by atoms with E-state index in [9.17, 15) is 0 Å². The minimum Gasteiger partial charge on any atom is -0.355 e. The summed E-state index contributed by atoms with van der Waals surface area (Å²) in [5.74, 6) is 0. The van der Waals surface area contributed by atoms with Gasteiger partial charge in [0.25, 0.3) is 0 Å². The van der Waals surface area contributed by atoms with E-state index in [1.165, 1.54) is 98.5 Å². The Hall–Kier alpha value is -5.34. The van der Waals surface area contributed by atoms with Crippen molar-refractivity contribution < 1.29 is 0 Å². The van der Waals surface area contributed by atoms with Gasteiger partial charge in [0, 0.05) is 48.9 Å². The van der Waals surface area contributed by atoms with Gasteiger partial charge in [0.2, 0.25) is 0 Å². The minimum absolute atomic E-state index is 0.00713. The molecule has 2 N–H and O–H groups in total. The molecule has 0 aliphatic heterocycles. The largest absolute Gasteiger partial charge is 0.355 e. The number of benzene rings is 7. The molecule has 7 aromatic carbocycles. The zero-order chi connectivity index (χ0) is 28.4. The average Bonchev–Trinajstić information content (AvgIpc) is 3.68. The first-order valence-electron chi connectivity index (χ1n) is 15.1. The number of aromatic nitrogens is 2. The lowest BCUT2D eigenvalue weighted by atomic mass is 9.82. The standard InChI is InChI=1S/C41H28N2/c1-41(2)34-14-8-7-11-27(34)30-21-32-31-19-23(15-17-36(31)42-38(32)22-35(30)41)24-16-18-37-33(20-24)39-28-12-5-3-9-25(28)26-10-4-6-13-29(26)40(39)43-37/h3-22,42-43H,1-2H3. The summed E-state index contributed by atoms with van der Waals surface area (Å²) in [4.78, 5) is 7.51. The Bertz CT molecular complexity index is 2640. The molecule has 0 amide bonds. The van der Waals surface area contributed by atoms with Gasteiger partial charge in [-0.1, -0.05) is 98.8 Å². The first-order valence-corrected chi connectivity index (χ1v) is 15.1. The lowest BCUT2D eigenvalue weighted by Crippen LogP contribution is -2.14. The summed E-state index contributed by atoms with van der Waals surface area (Å²) in [5.41, 5.74) is 12.8. The number of hydrogen-bond acceptors (Lipinski definition) is 0. The van der Waals surface area contributed by atoms with E-state index in [-0.39, 0.29) is 5.41 Å². The highest BCUT2D eigenvalue weighted by atomic mass is 14.7. The van der Waals surface area contributed by atoms with Crippen LogP contribution < -0.4 is 0 Å². The molecule has 43 heavy (non-hydrogen) atoms. The van der Waals surface area contributed by atoms with Crippen molar-refractivity contribution in [3.05, 3.63) is 132 Å². The number of rotatable bonds is 1. The van der Waals surface area contributed by atoms with Crippen LogP contribution in [-0.4, -0.2) is 9.97 Å². The maximum atomic E-state index is 3.78. The van der Waals surface area contributed by atoms with E-state index >= 15 is 0 Å². The zero-order valence-electron chi connectivity index (χ0n) is 24.0. The highest BCUT2D eigenvalue weighted by molar-refractivity contribution is 6.31. The molecule has 0 atom stereocenters. The van der Waals surface area contributed by atoms with E-state index in [2.05, 4.69) is 145 Å². The van der Waals surface area contributed by atoms with Crippen LogP contribution in [0.1, 0.15) is 25.0 Å². The van der Waals surface area contributed by atoms with Gasteiger partial charge >= 0.3 is 0 Å². The van der Waals surface area contributed by atoms with Crippen LogP contribution in [0, 0.1) is 0 Å². The van der Waals surface area contributed by atoms with Crippen molar-refractivity contribution in [2.24, 2.45) is 0 Å². The summed E-state index contributed by atoms with van der Waals surface area (Å²) in [6.45, 7) is 4.69. The summed E-state index contributed by atoms with van der Waals surface area (Å²) in [7, 11) is 0. The van der Waals surface area contributed by atoms with Gasteiger partial charge in [0.05, 0.1) is 5.52 Å². The maximum absolute atomic E-state index is 3.78. The molecule has 0 radical (unpaired) electrons. The van der Waals surface area contributed by atoms with E-state index in [4.69, 9.17) is 0 Å². The molecule has 1 aliphatic carbocycles. The van der Waals surface area contributed by atoms with Crippen LogP contribution in [0.2, 0.25) is 0 Å². The Kier molecular flexibility index (Phi) is 4.29. The number of H-pyrrole nitrogens is 2. The molecule has 2 heterocycles. The van der Waals surface area contributed by atoms with Crippen molar-refractivity contribution in [1.82, 2.24) is 9.97 Å². The van der Waals surface area contributed by atoms with Crippen molar-refractivity contribution in [1.29, 1.82) is 0 Å². The lowest BCUT2D eigenvalue weighted by molar-refractivity contribution is 0.661. The van der Waals surface area contributed by atoms with Gasteiger partial charge in [-0.15, -0.1) is 0 Å². The van der Waals surface area contributed by atoms with Crippen LogP contribution in [0.3, 0.4) is 0 Å². The second-order valence-electron chi connectivity index (χ2n) is 12.7. The van der Waals surface area contributed by atoms with E-state index in [1.807, 2.05) is 0 Å². The summed E-state index contributed by atoms with van der Waals surface area (Å²) in [5, 5.41) is 10.3. The smallest absolute Gasteiger partial charge is 0.0551 e. The molecule has 1 aliphatic rings. The Morgan fingerprint density at radius 3 is 1.81 bits per heavy atom. The molecule has 0 spiro atoms. The van der Waals surface area contributed by atoms with E-state index in [0.717, 1.165) is 0 Å².